The van der Waals surface area contributed by atoms with Crippen LogP contribution >= 0.6 is 0 Å². The molecule has 1 rings (SSSR count). The predicted molar refractivity (Wildman–Crippen MR) is 87.5 cm³/mol. The third kappa shape index (κ3) is 5.77. The first-order chi connectivity index (χ1) is 10.7. The lowest BCUT2D eigenvalue weighted by molar-refractivity contribution is -0.145. The van der Waals surface area contributed by atoms with Crippen molar-refractivity contribution in [2.75, 3.05) is 6.61 Å². The monoisotopic (exact) mass is 320 g/mol. The van der Waals surface area contributed by atoms with E-state index >= 15 is 0 Å². The van der Waals surface area contributed by atoms with Crippen LogP contribution in [-0.2, 0) is 19.1 Å². The Bertz CT molecular complexity index is 599. The molecule has 0 aromatic heterocycles. The highest BCUT2D eigenvalue weighted by atomic mass is 16.5. The molecule has 0 spiro atoms. The van der Waals surface area contributed by atoms with Crippen molar-refractivity contribution in [3.63, 3.8) is 0 Å². The third-order valence-corrected chi connectivity index (χ3v) is 3.13. The average molecular weight is 320 g/mol. The van der Waals surface area contributed by atoms with Crippen molar-refractivity contribution in [2.45, 2.75) is 34.6 Å². The molecule has 0 saturated heterocycles. The van der Waals surface area contributed by atoms with Crippen molar-refractivity contribution in [3.05, 3.63) is 35.6 Å². The van der Waals surface area contributed by atoms with Crippen LogP contribution in [-0.4, -0.2) is 23.7 Å². The van der Waals surface area contributed by atoms with E-state index in [1.165, 1.54) is 6.26 Å². The van der Waals surface area contributed by atoms with E-state index in [2.05, 4.69) is 0 Å². The van der Waals surface area contributed by atoms with Gasteiger partial charge in [-0.3, -0.25) is 9.59 Å². The molecule has 0 bridgehead atoms. The van der Waals surface area contributed by atoms with Crippen LogP contribution in [0.25, 0.3) is 5.57 Å². The number of hydrogen-bond donors (Lipinski definition) is 1. The third-order valence-electron chi connectivity index (χ3n) is 3.13. The summed E-state index contributed by atoms with van der Waals surface area (Å²) in [4.78, 5) is 23.3. The lowest BCUT2D eigenvalue weighted by Crippen LogP contribution is -2.14. The summed E-state index contributed by atoms with van der Waals surface area (Å²) in [6.07, 6.45) is 1.24. The number of ether oxygens (including phenoxy) is 2. The lowest BCUT2D eigenvalue weighted by atomic mass is 10.0. The molecule has 1 N–H and O–H groups in total. The fraction of sp³-hybridized carbons (Fsp3) is 0.444. The molecule has 126 valence electrons. The number of benzene rings is 1. The molecule has 0 aliphatic carbocycles. The number of rotatable bonds is 6. The summed E-state index contributed by atoms with van der Waals surface area (Å²) in [6.45, 7) is 8.67. The topological polar surface area (TPSA) is 72.8 Å². The minimum absolute atomic E-state index is 0.0393. The number of phenolic OH excluding ortho intramolecular Hbond substituents is 1. The van der Waals surface area contributed by atoms with Gasteiger partial charge in [-0.25, -0.2) is 0 Å². The van der Waals surface area contributed by atoms with Crippen LogP contribution in [0.15, 0.2) is 24.5 Å². The highest BCUT2D eigenvalue weighted by molar-refractivity contribution is 5.78. The lowest BCUT2D eigenvalue weighted by Gasteiger charge is -2.13. The van der Waals surface area contributed by atoms with Crippen molar-refractivity contribution >= 4 is 17.5 Å². The molecule has 0 heterocycles. The summed E-state index contributed by atoms with van der Waals surface area (Å²) >= 11 is 0. The molecule has 0 fully saturated rings. The Hall–Kier alpha value is -2.30. The van der Waals surface area contributed by atoms with E-state index in [0.29, 0.717) is 11.1 Å². The summed E-state index contributed by atoms with van der Waals surface area (Å²) in [7, 11) is 0. The van der Waals surface area contributed by atoms with E-state index < -0.39 is 5.97 Å². The van der Waals surface area contributed by atoms with Crippen molar-refractivity contribution in [2.24, 2.45) is 11.8 Å². The molecule has 23 heavy (non-hydrogen) atoms. The quantitative estimate of drug-likeness (QED) is 0.642. The Morgan fingerprint density at radius 2 is 1.74 bits per heavy atom. The van der Waals surface area contributed by atoms with Gasteiger partial charge in [0, 0.05) is 11.1 Å². The maximum absolute atomic E-state index is 11.6. The van der Waals surface area contributed by atoms with Crippen molar-refractivity contribution in [1.29, 1.82) is 0 Å². The molecular formula is C18H24O5. The first-order valence-electron chi connectivity index (χ1n) is 7.58. The molecule has 1 aromatic carbocycles. The molecule has 0 atom stereocenters. The SMILES string of the molecule is Cc1ccc(/C(=C/OC(=O)C(C)C)COC(=O)C(C)C)c(O)c1. The summed E-state index contributed by atoms with van der Waals surface area (Å²) in [5.74, 6) is -1.27. The number of esters is 2. The summed E-state index contributed by atoms with van der Waals surface area (Å²) in [5, 5.41) is 10.1. The van der Waals surface area contributed by atoms with Gasteiger partial charge in [-0.1, -0.05) is 39.8 Å². The number of aryl methyl sites for hydroxylation is 1. The van der Waals surface area contributed by atoms with Crippen molar-refractivity contribution in [3.8, 4) is 5.75 Å². The van der Waals surface area contributed by atoms with Gasteiger partial charge in [0.25, 0.3) is 0 Å². The normalized spacial score (nSPS) is 11.7. The second kappa shape index (κ2) is 8.36. The van der Waals surface area contributed by atoms with E-state index in [4.69, 9.17) is 9.47 Å². The number of aromatic hydroxyl groups is 1. The Morgan fingerprint density at radius 1 is 1.13 bits per heavy atom. The first-order valence-corrected chi connectivity index (χ1v) is 7.58. The second-order valence-corrected chi connectivity index (χ2v) is 6.02. The van der Waals surface area contributed by atoms with Crippen LogP contribution in [0.3, 0.4) is 0 Å². The number of phenols is 1. The number of carbonyl (C=O) groups is 2. The smallest absolute Gasteiger partial charge is 0.313 e. The highest BCUT2D eigenvalue weighted by Crippen LogP contribution is 2.27. The van der Waals surface area contributed by atoms with Crippen LogP contribution in [0, 0.1) is 18.8 Å². The van der Waals surface area contributed by atoms with E-state index in [1.807, 2.05) is 13.0 Å². The molecule has 5 heteroatoms. The van der Waals surface area contributed by atoms with Gasteiger partial charge < -0.3 is 14.6 Å². The van der Waals surface area contributed by atoms with E-state index in [1.54, 1.807) is 39.8 Å². The molecule has 1 aromatic rings. The Kier molecular flexibility index (Phi) is 6.82. The van der Waals surface area contributed by atoms with Crippen LogP contribution < -0.4 is 0 Å². The minimum atomic E-state index is -0.399. The zero-order chi connectivity index (χ0) is 17.6. The molecule has 0 radical (unpaired) electrons. The molecule has 0 saturated carbocycles. The van der Waals surface area contributed by atoms with Gasteiger partial charge in [0.05, 0.1) is 11.8 Å². The number of hydrogen-bond acceptors (Lipinski definition) is 5. The summed E-state index contributed by atoms with van der Waals surface area (Å²) in [6, 6.07) is 5.11. The zero-order valence-electron chi connectivity index (χ0n) is 14.3. The molecule has 0 amide bonds. The van der Waals surface area contributed by atoms with E-state index in [0.717, 1.165) is 5.56 Å². The van der Waals surface area contributed by atoms with Gasteiger partial charge in [-0.05, 0) is 18.6 Å². The fourth-order valence-electron chi connectivity index (χ4n) is 1.67. The van der Waals surface area contributed by atoms with E-state index in [-0.39, 0.29) is 30.2 Å². The largest absolute Gasteiger partial charge is 0.507 e. The molecule has 5 nitrogen and oxygen atoms in total. The number of carbonyl (C=O) groups excluding carboxylic acids is 2. The van der Waals surface area contributed by atoms with Crippen LogP contribution in [0.1, 0.15) is 38.8 Å². The predicted octanol–water partition coefficient (Wildman–Crippen LogP) is 3.44. The van der Waals surface area contributed by atoms with Gasteiger partial charge in [-0.15, -0.1) is 0 Å². The first kappa shape index (κ1) is 18.7. The Balaban J connectivity index is 3.02. The van der Waals surface area contributed by atoms with Gasteiger partial charge >= 0.3 is 11.9 Å². The summed E-state index contributed by atoms with van der Waals surface area (Å²) in [5.41, 5.74) is 1.78. The molecule has 0 aliphatic rings. The molecule has 0 aliphatic heterocycles. The fourth-order valence-corrected chi connectivity index (χ4v) is 1.67. The van der Waals surface area contributed by atoms with Crippen molar-refractivity contribution < 1.29 is 24.2 Å². The standard InChI is InChI=1S/C18H24O5/c1-11(2)17(20)22-9-14(10-23-18(21)12(3)4)15-7-6-13(5)8-16(15)19/h6-9,11-12,19H,10H2,1-5H3/b14-9+. The maximum atomic E-state index is 11.6. The van der Waals surface area contributed by atoms with Gasteiger partial charge in [0.15, 0.2) is 0 Å². The van der Waals surface area contributed by atoms with Crippen molar-refractivity contribution in [1.82, 2.24) is 0 Å². The highest BCUT2D eigenvalue weighted by Gasteiger charge is 2.15. The Morgan fingerprint density at radius 3 is 2.26 bits per heavy atom. The maximum Gasteiger partial charge on any atom is 0.313 e. The zero-order valence-corrected chi connectivity index (χ0v) is 14.3. The Labute approximate surface area is 136 Å². The molecular weight excluding hydrogens is 296 g/mol. The van der Waals surface area contributed by atoms with Crippen LogP contribution in [0.5, 0.6) is 5.75 Å². The summed E-state index contributed by atoms with van der Waals surface area (Å²) < 4.78 is 10.3. The van der Waals surface area contributed by atoms with Crippen LogP contribution in [0.4, 0.5) is 0 Å². The van der Waals surface area contributed by atoms with Gasteiger partial charge in [0.1, 0.15) is 18.6 Å². The van der Waals surface area contributed by atoms with Gasteiger partial charge in [-0.2, -0.15) is 0 Å². The van der Waals surface area contributed by atoms with Crippen LogP contribution in [0.2, 0.25) is 0 Å². The second-order valence-electron chi connectivity index (χ2n) is 6.02. The average Bonchev–Trinajstić information content (AvgIpc) is 2.47. The van der Waals surface area contributed by atoms with Gasteiger partial charge in [0.2, 0.25) is 0 Å². The molecule has 0 unspecified atom stereocenters. The van der Waals surface area contributed by atoms with E-state index in [9.17, 15) is 14.7 Å². The minimum Gasteiger partial charge on any atom is -0.507 e.